The van der Waals surface area contributed by atoms with Crippen molar-refractivity contribution in [1.82, 2.24) is 20.2 Å². The molecule has 0 aliphatic rings. The van der Waals surface area contributed by atoms with Crippen LogP contribution in [0.3, 0.4) is 0 Å². The van der Waals surface area contributed by atoms with Crippen LogP contribution in [0.15, 0.2) is 12.1 Å². The number of hydrogen-bond acceptors (Lipinski definition) is 4. The normalized spacial score (nSPS) is 10.4. The maximum Gasteiger partial charge on any atom is 0.226 e. The molecule has 0 aliphatic heterocycles. The number of hydrogen-bond donors (Lipinski definition) is 3. The standard InChI is InChI=1S/C10H16N6/c1-7-4-5-8(12-7)6-16(3)10-13-9(11-2)14-15-10/h4-5,12H,6H2,1-3H3,(H2,11,13,14,15). The third kappa shape index (κ3) is 2.16. The van der Waals surface area contributed by atoms with Crippen LogP contribution < -0.4 is 10.2 Å². The van der Waals surface area contributed by atoms with Crippen molar-refractivity contribution in [2.45, 2.75) is 13.5 Å². The minimum absolute atomic E-state index is 0.671. The first-order valence-electron chi connectivity index (χ1n) is 5.15. The minimum atomic E-state index is 0.671. The molecule has 16 heavy (non-hydrogen) atoms. The Labute approximate surface area is 94.1 Å². The van der Waals surface area contributed by atoms with Gasteiger partial charge in [-0.2, -0.15) is 0 Å². The Kier molecular flexibility index (Phi) is 2.80. The van der Waals surface area contributed by atoms with E-state index in [1.54, 1.807) is 7.05 Å². The summed E-state index contributed by atoms with van der Waals surface area (Å²) in [5, 5.41) is 10.9. The number of rotatable bonds is 4. The summed E-state index contributed by atoms with van der Waals surface area (Å²) in [5.74, 6) is 1.42. The number of nitrogens with one attached hydrogen (secondary N) is 3. The van der Waals surface area contributed by atoms with Crippen molar-refractivity contribution in [1.29, 1.82) is 0 Å². The average molecular weight is 220 g/mol. The van der Waals surface area contributed by atoms with Gasteiger partial charge in [0, 0.05) is 25.5 Å². The van der Waals surface area contributed by atoms with E-state index < -0.39 is 0 Å². The Balaban J connectivity index is 2.05. The van der Waals surface area contributed by atoms with Gasteiger partial charge in [0.05, 0.1) is 6.54 Å². The number of H-pyrrole nitrogens is 2. The maximum absolute atomic E-state index is 4.03. The quantitative estimate of drug-likeness (QED) is 0.722. The monoisotopic (exact) mass is 220 g/mol. The fourth-order valence-corrected chi connectivity index (χ4v) is 1.52. The number of aromatic amines is 2. The molecule has 2 aromatic rings. The molecule has 0 amide bonds. The van der Waals surface area contributed by atoms with Crippen molar-refractivity contribution in [3.05, 3.63) is 23.5 Å². The average Bonchev–Trinajstić information content (AvgIpc) is 2.87. The molecular formula is C10H16N6. The second-order valence-electron chi connectivity index (χ2n) is 3.77. The van der Waals surface area contributed by atoms with E-state index >= 15 is 0 Å². The lowest BCUT2D eigenvalue weighted by molar-refractivity contribution is 0.848. The topological polar surface area (TPSA) is 72.6 Å². The van der Waals surface area contributed by atoms with Crippen molar-refractivity contribution in [2.24, 2.45) is 0 Å². The molecule has 0 fully saturated rings. The van der Waals surface area contributed by atoms with Crippen LogP contribution >= 0.6 is 0 Å². The molecule has 6 nitrogen and oxygen atoms in total. The molecule has 0 bridgehead atoms. The fourth-order valence-electron chi connectivity index (χ4n) is 1.52. The lowest BCUT2D eigenvalue weighted by atomic mass is 10.4. The zero-order valence-corrected chi connectivity index (χ0v) is 9.70. The van der Waals surface area contributed by atoms with E-state index in [0.29, 0.717) is 5.95 Å². The van der Waals surface area contributed by atoms with Gasteiger partial charge in [0.2, 0.25) is 11.9 Å². The van der Waals surface area contributed by atoms with E-state index in [9.17, 15) is 0 Å². The predicted molar refractivity (Wildman–Crippen MR) is 63.6 cm³/mol. The lowest BCUT2D eigenvalue weighted by Crippen LogP contribution is -2.18. The zero-order chi connectivity index (χ0) is 11.5. The van der Waals surface area contributed by atoms with E-state index in [1.807, 2.05) is 18.9 Å². The first kappa shape index (κ1) is 10.5. The lowest BCUT2D eigenvalue weighted by Gasteiger charge is -2.13. The van der Waals surface area contributed by atoms with Crippen molar-refractivity contribution in [3.8, 4) is 0 Å². The number of aromatic nitrogens is 4. The fraction of sp³-hybridized carbons (Fsp3) is 0.400. The molecule has 0 aromatic carbocycles. The molecule has 2 heterocycles. The molecule has 3 N–H and O–H groups in total. The van der Waals surface area contributed by atoms with Crippen LogP contribution in [-0.2, 0) is 6.54 Å². The Morgan fingerprint density at radius 1 is 1.31 bits per heavy atom. The summed E-state index contributed by atoms with van der Waals surface area (Å²) >= 11 is 0. The molecular weight excluding hydrogens is 204 g/mol. The van der Waals surface area contributed by atoms with Crippen molar-refractivity contribution < 1.29 is 0 Å². The van der Waals surface area contributed by atoms with Gasteiger partial charge in [-0.25, -0.2) is 0 Å². The largest absolute Gasteiger partial charge is 0.361 e. The summed E-state index contributed by atoms with van der Waals surface area (Å²) in [6, 6.07) is 4.13. The molecule has 0 radical (unpaired) electrons. The molecule has 86 valence electrons. The molecule has 0 spiro atoms. The second-order valence-corrected chi connectivity index (χ2v) is 3.77. The maximum atomic E-state index is 4.03. The van der Waals surface area contributed by atoms with E-state index in [0.717, 1.165) is 23.9 Å². The number of nitrogens with zero attached hydrogens (tertiary/aromatic N) is 3. The van der Waals surface area contributed by atoms with Gasteiger partial charge in [0.1, 0.15) is 0 Å². The summed E-state index contributed by atoms with van der Waals surface area (Å²) in [6.45, 7) is 2.81. The van der Waals surface area contributed by atoms with Gasteiger partial charge in [0.25, 0.3) is 0 Å². The highest BCUT2D eigenvalue weighted by Crippen LogP contribution is 2.11. The van der Waals surface area contributed by atoms with Crippen molar-refractivity contribution in [3.63, 3.8) is 0 Å². The second kappa shape index (κ2) is 4.26. The first-order chi connectivity index (χ1) is 7.69. The smallest absolute Gasteiger partial charge is 0.226 e. The molecule has 2 rings (SSSR count). The summed E-state index contributed by atoms with van der Waals surface area (Å²) < 4.78 is 0. The first-order valence-corrected chi connectivity index (χ1v) is 5.15. The number of anilines is 2. The molecule has 2 aromatic heterocycles. The third-order valence-electron chi connectivity index (χ3n) is 2.37. The van der Waals surface area contributed by atoms with Gasteiger partial charge in [0.15, 0.2) is 0 Å². The molecule has 0 saturated carbocycles. The van der Waals surface area contributed by atoms with E-state index in [1.165, 1.54) is 0 Å². The number of aryl methyl sites for hydroxylation is 1. The van der Waals surface area contributed by atoms with Gasteiger partial charge < -0.3 is 15.2 Å². The highest BCUT2D eigenvalue weighted by molar-refractivity contribution is 5.35. The van der Waals surface area contributed by atoms with Crippen LogP contribution in [0.1, 0.15) is 11.4 Å². The summed E-state index contributed by atoms with van der Waals surface area (Å²) in [4.78, 5) is 8.35. The SMILES string of the molecule is CNc1nnc(N(C)Cc2ccc(C)[nH]2)[nH]1. The van der Waals surface area contributed by atoms with Crippen molar-refractivity contribution in [2.75, 3.05) is 24.3 Å². The van der Waals surface area contributed by atoms with Crippen LogP contribution in [0.25, 0.3) is 0 Å². The molecule has 6 heteroatoms. The Hall–Kier alpha value is -1.98. The Morgan fingerprint density at radius 3 is 2.69 bits per heavy atom. The van der Waals surface area contributed by atoms with Gasteiger partial charge in [-0.15, -0.1) is 10.2 Å². The van der Waals surface area contributed by atoms with Gasteiger partial charge in [-0.3, -0.25) is 4.98 Å². The van der Waals surface area contributed by atoms with E-state index in [-0.39, 0.29) is 0 Å². The van der Waals surface area contributed by atoms with Crippen molar-refractivity contribution >= 4 is 11.9 Å². The van der Waals surface area contributed by atoms with Crippen LogP contribution in [-0.4, -0.2) is 34.3 Å². The highest BCUT2D eigenvalue weighted by Gasteiger charge is 2.07. The van der Waals surface area contributed by atoms with Crippen LogP contribution in [0.5, 0.6) is 0 Å². The minimum Gasteiger partial charge on any atom is -0.361 e. The van der Waals surface area contributed by atoms with Gasteiger partial charge >= 0.3 is 0 Å². The molecule has 0 atom stereocenters. The third-order valence-corrected chi connectivity index (χ3v) is 2.37. The summed E-state index contributed by atoms with van der Waals surface area (Å²) in [6.07, 6.45) is 0. The van der Waals surface area contributed by atoms with Crippen LogP contribution in [0.2, 0.25) is 0 Å². The zero-order valence-electron chi connectivity index (χ0n) is 9.70. The Morgan fingerprint density at radius 2 is 2.12 bits per heavy atom. The predicted octanol–water partition coefficient (Wildman–Crippen LogP) is 1.12. The summed E-state index contributed by atoms with van der Waals surface area (Å²) in [7, 11) is 3.77. The van der Waals surface area contributed by atoms with E-state index in [4.69, 9.17) is 0 Å². The van der Waals surface area contributed by atoms with Gasteiger partial charge in [-0.05, 0) is 19.1 Å². The highest BCUT2D eigenvalue weighted by atomic mass is 15.4. The molecule has 0 unspecified atom stereocenters. The molecule has 0 saturated heterocycles. The van der Waals surface area contributed by atoms with Crippen LogP contribution in [0.4, 0.5) is 11.9 Å². The molecule has 0 aliphatic carbocycles. The van der Waals surface area contributed by atoms with Crippen LogP contribution in [0, 0.1) is 6.92 Å². The Bertz CT molecular complexity index is 457. The van der Waals surface area contributed by atoms with E-state index in [2.05, 4.69) is 37.6 Å². The summed E-state index contributed by atoms with van der Waals surface area (Å²) in [5.41, 5.74) is 2.32. The van der Waals surface area contributed by atoms with Gasteiger partial charge in [-0.1, -0.05) is 0 Å².